The summed E-state index contributed by atoms with van der Waals surface area (Å²) in [6.45, 7) is 3.81. The van der Waals surface area contributed by atoms with Crippen molar-refractivity contribution in [1.29, 1.82) is 0 Å². The molecule has 0 aromatic rings. The molecule has 52 valence electrons. The molecule has 0 aliphatic heterocycles. The lowest BCUT2D eigenvalue weighted by atomic mass is 10.5. The van der Waals surface area contributed by atoms with Crippen molar-refractivity contribution in [3.63, 3.8) is 0 Å². The van der Waals surface area contributed by atoms with Crippen molar-refractivity contribution < 1.29 is 0 Å². The van der Waals surface area contributed by atoms with E-state index in [2.05, 4.69) is 11.7 Å². The average molecular weight is 127 g/mol. The molecule has 0 saturated carbocycles. The van der Waals surface area contributed by atoms with Gasteiger partial charge >= 0.3 is 0 Å². The zero-order valence-corrected chi connectivity index (χ0v) is 5.96. The van der Waals surface area contributed by atoms with Gasteiger partial charge in [-0.2, -0.15) is 0 Å². The Balaban J connectivity index is 3.90. The van der Waals surface area contributed by atoms with Gasteiger partial charge < -0.3 is 10.6 Å². The zero-order chi connectivity index (χ0) is 7.28. The molecule has 3 nitrogen and oxygen atoms in total. The molecule has 0 amide bonds. The summed E-state index contributed by atoms with van der Waals surface area (Å²) >= 11 is 0. The van der Waals surface area contributed by atoms with Crippen molar-refractivity contribution in [1.82, 2.24) is 4.90 Å². The van der Waals surface area contributed by atoms with Crippen LogP contribution in [-0.4, -0.2) is 32.3 Å². The Morgan fingerprint density at radius 2 is 2.33 bits per heavy atom. The van der Waals surface area contributed by atoms with Gasteiger partial charge in [0.2, 0.25) is 0 Å². The first-order valence-corrected chi connectivity index (χ1v) is 2.74. The summed E-state index contributed by atoms with van der Waals surface area (Å²) in [5.41, 5.74) is 6.11. The van der Waals surface area contributed by atoms with Gasteiger partial charge in [0, 0.05) is 26.8 Å². The summed E-state index contributed by atoms with van der Waals surface area (Å²) in [7, 11) is 3.84. The average Bonchev–Trinajstić information content (AvgIpc) is 1.82. The van der Waals surface area contributed by atoms with Crippen LogP contribution in [0.2, 0.25) is 0 Å². The van der Waals surface area contributed by atoms with Gasteiger partial charge in [0.1, 0.15) is 0 Å². The third-order valence-electron chi connectivity index (χ3n) is 0.819. The Morgan fingerprint density at radius 1 is 1.78 bits per heavy atom. The largest absolute Gasteiger partial charge is 0.382 e. The maximum atomic E-state index is 5.30. The lowest BCUT2D eigenvalue weighted by molar-refractivity contribution is 0.556. The van der Waals surface area contributed by atoms with Gasteiger partial charge in [-0.3, -0.25) is 4.99 Å². The fourth-order valence-corrected chi connectivity index (χ4v) is 0.456. The summed E-state index contributed by atoms with van der Waals surface area (Å²) in [5, 5.41) is 0. The number of hydrogen-bond acceptors (Lipinski definition) is 3. The van der Waals surface area contributed by atoms with Crippen LogP contribution in [0.15, 0.2) is 16.9 Å². The van der Waals surface area contributed by atoms with Gasteiger partial charge in [-0.15, -0.1) is 0 Å². The van der Waals surface area contributed by atoms with Crippen LogP contribution in [0, 0.1) is 0 Å². The monoisotopic (exact) mass is 127 g/mol. The smallest absolute Gasteiger partial charge is 0.0690 e. The first kappa shape index (κ1) is 8.17. The topological polar surface area (TPSA) is 41.6 Å². The number of nitrogens with two attached hydrogens (primary N) is 1. The predicted octanol–water partition coefficient (Wildman–Crippen LogP) is 0.0487. The third-order valence-corrected chi connectivity index (χ3v) is 0.819. The highest BCUT2D eigenvalue weighted by Gasteiger charge is 1.86. The summed E-state index contributed by atoms with van der Waals surface area (Å²) in [4.78, 5) is 5.58. The molecule has 0 aromatic heterocycles. The standard InChI is InChI=1S/C6H13N3/c1-8-6(4-7)5-9(2)3/h5H,1,4,7H2,2-3H3/b6-5-. The molecule has 0 aliphatic rings. The highest BCUT2D eigenvalue weighted by Crippen LogP contribution is 1.91. The lowest BCUT2D eigenvalue weighted by Gasteiger charge is -2.05. The van der Waals surface area contributed by atoms with Crippen LogP contribution < -0.4 is 5.73 Å². The molecule has 0 atom stereocenters. The van der Waals surface area contributed by atoms with Gasteiger partial charge in [-0.25, -0.2) is 0 Å². The molecule has 0 aliphatic carbocycles. The molecule has 0 aromatic carbocycles. The van der Waals surface area contributed by atoms with Gasteiger partial charge in [-0.05, 0) is 6.72 Å². The minimum Gasteiger partial charge on any atom is -0.382 e. The molecule has 0 radical (unpaired) electrons. The third kappa shape index (κ3) is 3.73. The molecule has 9 heavy (non-hydrogen) atoms. The van der Waals surface area contributed by atoms with Crippen molar-refractivity contribution in [2.45, 2.75) is 0 Å². The summed E-state index contributed by atoms with van der Waals surface area (Å²) < 4.78 is 0. The minimum absolute atomic E-state index is 0.446. The highest BCUT2D eigenvalue weighted by atomic mass is 15.0. The van der Waals surface area contributed by atoms with Crippen molar-refractivity contribution in [2.75, 3.05) is 20.6 Å². The second-order valence-corrected chi connectivity index (χ2v) is 1.95. The summed E-state index contributed by atoms with van der Waals surface area (Å²) in [6, 6.07) is 0. The Hall–Kier alpha value is -0.830. The number of aliphatic imine (C=N–C) groups is 1. The van der Waals surface area contributed by atoms with Crippen LogP contribution in [0.3, 0.4) is 0 Å². The fraction of sp³-hybridized carbons (Fsp3) is 0.500. The van der Waals surface area contributed by atoms with Gasteiger partial charge in [-0.1, -0.05) is 0 Å². The second-order valence-electron chi connectivity index (χ2n) is 1.95. The van der Waals surface area contributed by atoms with E-state index < -0.39 is 0 Å². The van der Waals surface area contributed by atoms with Crippen LogP contribution in [0.25, 0.3) is 0 Å². The molecule has 3 heteroatoms. The van der Waals surface area contributed by atoms with E-state index in [4.69, 9.17) is 5.73 Å². The molecular weight excluding hydrogens is 114 g/mol. The van der Waals surface area contributed by atoms with Crippen molar-refractivity contribution in [3.05, 3.63) is 11.9 Å². The first-order chi connectivity index (χ1) is 4.20. The normalized spacial score (nSPS) is 11.2. The van der Waals surface area contributed by atoms with E-state index in [1.54, 1.807) is 0 Å². The van der Waals surface area contributed by atoms with E-state index in [1.807, 2.05) is 25.2 Å². The molecule has 0 rings (SSSR count). The van der Waals surface area contributed by atoms with Crippen molar-refractivity contribution >= 4 is 6.72 Å². The van der Waals surface area contributed by atoms with E-state index in [0.29, 0.717) is 6.54 Å². The minimum atomic E-state index is 0.446. The predicted molar refractivity (Wildman–Crippen MR) is 40.4 cm³/mol. The summed E-state index contributed by atoms with van der Waals surface area (Å²) in [5.74, 6) is 0. The van der Waals surface area contributed by atoms with Crippen LogP contribution in [0.4, 0.5) is 0 Å². The maximum Gasteiger partial charge on any atom is 0.0690 e. The second kappa shape index (κ2) is 4.09. The van der Waals surface area contributed by atoms with Crippen molar-refractivity contribution in [2.24, 2.45) is 10.7 Å². The van der Waals surface area contributed by atoms with E-state index in [9.17, 15) is 0 Å². The molecule has 0 saturated heterocycles. The van der Waals surface area contributed by atoms with E-state index >= 15 is 0 Å². The zero-order valence-electron chi connectivity index (χ0n) is 5.96. The van der Waals surface area contributed by atoms with Crippen LogP contribution in [0.5, 0.6) is 0 Å². The van der Waals surface area contributed by atoms with Gasteiger partial charge in [0.05, 0.1) is 5.70 Å². The molecular formula is C6H13N3. The van der Waals surface area contributed by atoms with Crippen LogP contribution >= 0.6 is 0 Å². The quantitative estimate of drug-likeness (QED) is 0.544. The Labute approximate surface area is 55.9 Å². The first-order valence-electron chi connectivity index (χ1n) is 2.74. The maximum absolute atomic E-state index is 5.30. The van der Waals surface area contributed by atoms with Crippen LogP contribution in [0.1, 0.15) is 0 Å². The van der Waals surface area contributed by atoms with E-state index in [-0.39, 0.29) is 0 Å². The number of nitrogens with zero attached hydrogens (tertiary/aromatic N) is 2. The Kier molecular flexibility index (Phi) is 3.71. The molecule has 0 spiro atoms. The van der Waals surface area contributed by atoms with Crippen LogP contribution in [-0.2, 0) is 0 Å². The lowest BCUT2D eigenvalue weighted by Crippen LogP contribution is -2.07. The van der Waals surface area contributed by atoms with Gasteiger partial charge in [0.15, 0.2) is 0 Å². The molecule has 0 heterocycles. The Morgan fingerprint density at radius 3 is 2.44 bits per heavy atom. The Bertz CT molecular complexity index is 115. The molecule has 0 unspecified atom stereocenters. The van der Waals surface area contributed by atoms with Crippen molar-refractivity contribution in [3.8, 4) is 0 Å². The van der Waals surface area contributed by atoms with Gasteiger partial charge in [0.25, 0.3) is 0 Å². The molecule has 0 fully saturated rings. The number of hydrogen-bond donors (Lipinski definition) is 1. The van der Waals surface area contributed by atoms with E-state index in [1.165, 1.54) is 0 Å². The number of rotatable bonds is 3. The highest BCUT2D eigenvalue weighted by molar-refractivity contribution is 5.29. The summed E-state index contributed by atoms with van der Waals surface area (Å²) in [6.07, 6.45) is 1.84. The molecule has 2 N–H and O–H groups in total. The molecule has 0 bridgehead atoms. The van der Waals surface area contributed by atoms with E-state index in [0.717, 1.165) is 5.70 Å². The fourth-order valence-electron chi connectivity index (χ4n) is 0.456. The SMILES string of the molecule is C=N/C(=C\N(C)C)CN.